The van der Waals surface area contributed by atoms with Crippen molar-refractivity contribution in [1.82, 2.24) is 10.2 Å². The highest BCUT2D eigenvalue weighted by Gasteiger charge is 2.19. The molecule has 2 amide bonds. The van der Waals surface area contributed by atoms with E-state index in [4.69, 9.17) is 16.7 Å². The van der Waals surface area contributed by atoms with Crippen LogP contribution in [0.2, 0.25) is 5.02 Å². The molecule has 0 aliphatic carbocycles. The third kappa shape index (κ3) is 4.34. The van der Waals surface area contributed by atoms with Crippen LogP contribution in [0, 0.1) is 5.92 Å². The van der Waals surface area contributed by atoms with Gasteiger partial charge in [0.25, 0.3) is 0 Å². The third-order valence-electron chi connectivity index (χ3n) is 3.50. The third-order valence-corrected chi connectivity index (χ3v) is 3.82. The maximum atomic E-state index is 11.8. The van der Waals surface area contributed by atoms with Gasteiger partial charge in [0.05, 0.1) is 16.3 Å². The monoisotopic (exact) mass is 311 g/mol. The Bertz CT molecular complexity index is 550. The zero-order valence-corrected chi connectivity index (χ0v) is 12.5. The molecule has 114 valence electrons. The minimum atomic E-state index is -1.06. The molecule has 1 aromatic rings. The van der Waals surface area contributed by atoms with Crippen LogP contribution in [0.15, 0.2) is 18.2 Å². The second kappa shape index (κ2) is 6.78. The number of carboxylic acid groups (broad SMARTS) is 1. The summed E-state index contributed by atoms with van der Waals surface area (Å²) in [5.41, 5.74) is 0.475. The van der Waals surface area contributed by atoms with Gasteiger partial charge in [0.1, 0.15) is 0 Å². The maximum absolute atomic E-state index is 11.8. The second-order valence-corrected chi connectivity index (χ2v) is 5.66. The van der Waals surface area contributed by atoms with E-state index in [1.807, 2.05) is 0 Å². The van der Waals surface area contributed by atoms with Crippen molar-refractivity contribution in [3.05, 3.63) is 28.8 Å². The number of carbonyl (C=O) groups excluding carboxylic acids is 1. The van der Waals surface area contributed by atoms with Crippen LogP contribution in [0.5, 0.6) is 0 Å². The van der Waals surface area contributed by atoms with Gasteiger partial charge in [-0.25, -0.2) is 9.59 Å². The van der Waals surface area contributed by atoms with Crippen LogP contribution in [-0.2, 0) is 0 Å². The second-order valence-electron chi connectivity index (χ2n) is 5.25. The largest absolute Gasteiger partial charge is 0.478 e. The number of hydrogen-bond donors (Lipinski definition) is 3. The van der Waals surface area contributed by atoms with Crippen LogP contribution >= 0.6 is 11.6 Å². The van der Waals surface area contributed by atoms with Crippen molar-refractivity contribution in [1.29, 1.82) is 0 Å². The number of nitrogens with one attached hydrogen (secondary N) is 2. The molecule has 1 heterocycles. The zero-order chi connectivity index (χ0) is 15.4. The van der Waals surface area contributed by atoms with E-state index in [9.17, 15) is 9.59 Å². The van der Waals surface area contributed by atoms with Gasteiger partial charge in [-0.2, -0.15) is 0 Å². The quantitative estimate of drug-likeness (QED) is 0.795. The number of hydrogen-bond acceptors (Lipinski definition) is 3. The lowest BCUT2D eigenvalue weighted by Gasteiger charge is -2.13. The molecule has 0 spiro atoms. The normalized spacial score (nSPS) is 18.5. The molecule has 0 aromatic heterocycles. The first-order valence-electron chi connectivity index (χ1n) is 6.72. The maximum Gasteiger partial charge on any atom is 0.335 e. The first-order valence-corrected chi connectivity index (χ1v) is 7.09. The fourth-order valence-electron chi connectivity index (χ4n) is 2.35. The SMILES string of the molecule is CN1CCC(CNC(=O)Nc2ccc(C(=O)O)cc2Cl)C1. The molecular weight excluding hydrogens is 294 g/mol. The van der Waals surface area contributed by atoms with Crippen molar-refractivity contribution < 1.29 is 14.7 Å². The Labute approximate surface area is 128 Å². The number of urea groups is 1. The molecular formula is C14H18ClN3O3. The van der Waals surface area contributed by atoms with Crippen LogP contribution in [0.1, 0.15) is 16.8 Å². The Balaban J connectivity index is 1.86. The molecule has 1 saturated heterocycles. The van der Waals surface area contributed by atoms with Crippen molar-refractivity contribution >= 4 is 29.3 Å². The van der Waals surface area contributed by atoms with E-state index >= 15 is 0 Å². The molecule has 0 bridgehead atoms. The summed E-state index contributed by atoms with van der Waals surface area (Å²) >= 11 is 5.95. The minimum Gasteiger partial charge on any atom is -0.478 e. The van der Waals surface area contributed by atoms with Crippen LogP contribution in [0.3, 0.4) is 0 Å². The lowest BCUT2D eigenvalue weighted by atomic mass is 10.1. The number of likely N-dealkylation sites (tertiary alicyclic amines) is 1. The summed E-state index contributed by atoms with van der Waals surface area (Å²) in [5, 5.41) is 14.5. The first-order chi connectivity index (χ1) is 9.95. The lowest BCUT2D eigenvalue weighted by molar-refractivity contribution is 0.0697. The number of anilines is 1. The van der Waals surface area contributed by atoms with Gasteiger partial charge in [-0.1, -0.05) is 11.6 Å². The van der Waals surface area contributed by atoms with Gasteiger partial charge in [0, 0.05) is 13.1 Å². The number of amides is 2. The van der Waals surface area contributed by atoms with Crippen molar-refractivity contribution in [2.24, 2.45) is 5.92 Å². The number of halogens is 1. The average Bonchev–Trinajstić information content (AvgIpc) is 2.84. The summed E-state index contributed by atoms with van der Waals surface area (Å²) in [6.07, 6.45) is 1.07. The van der Waals surface area contributed by atoms with Crippen molar-refractivity contribution in [2.75, 3.05) is 32.0 Å². The highest BCUT2D eigenvalue weighted by Crippen LogP contribution is 2.23. The van der Waals surface area contributed by atoms with Gasteiger partial charge >= 0.3 is 12.0 Å². The van der Waals surface area contributed by atoms with Gasteiger partial charge in [-0.05, 0) is 44.1 Å². The van der Waals surface area contributed by atoms with Crippen molar-refractivity contribution in [3.63, 3.8) is 0 Å². The smallest absolute Gasteiger partial charge is 0.335 e. The van der Waals surface area contributed by atoms with Crippen LogP contribution < -0.4 is 10.6 Å². The van der Waals surface area contributed by atoms with E-state index < -0.39 is 5.97 Å². The van der Waals surface area contributed by atoms with E-state index in [1.54, 1.807) is 0 Å². The summed E-state index contributed by atoms with van der Waals surface area (Å²) in [5.74, 6) is -0.594. The Morgan fingerprint density at radius 1 is 1.48 bits per heavy atom. The van der Waals surface area contributed by atoms with Gasteiger partial charge in [0.15, 0.2) is 0 Å². The Morgan fingerprint density at radius 3 is 2.81 bits per heavy atom. The number of nitrogens with zero attached hydrogens (tertiary/aromatic N) is 1. The van der Waals surface area contributed by atoms with E-state index in [0.29, 0.717) is 18.2 Å². The molecule has 1 fully saturated rings. The van der Waals surface area contributed by atoms with E-state index in [-0.39, 0.29) is 16.6 Å². The molecule has 1 aliphatic heterocycles. The molecule has 2 rings (SSSR count). The molecule has 1 unspecified atom stereocenters. The topological polar surface area (TPSA) is 81.7 Å². The van der Waals surface area contributed by atoms with Gasteiger partial charge in [-0.3, -0.25) is 0 Å². The highest BCUT2D eigenvalue weighted by atomic mass is 35.5. The summed E-state index contributed by atoms with van der Waals surface area (Å²) in [6.45, 7) is 2.64. The summed E-state index contributed by atoms with van der Waals surface area (Å²) in [6, 6.07) is 3.85. The van der Waals surface area contributed by atoms with E-state index in [2.05, 4.69) is 22.6 Å². The number of benzene rings is 1. The van der Waals surface area contributed by atoms with Crippen molar-refractivity contribution in [2.45, 2.75) is 6.42 Å². The number of carbonyl (C=O) groups is 2. The standard InChI is InChI=1S/C14H18ClN3O3/c1-18-5-4-9(8-18)7-16-14(21)17-12-3-2-10(13(19)20)6-11(12)15/h2-3,6,9H,4-5,7-8H2,1H3,(H,19,20)(H2,16,17,21). The molecule has 3 N–H and O–H groups in total. The number of carboxylic acids is 1. The minimum absolute atomic E-state index is 0.0833. The molecule has 1 aromatic carbocycles. The fraction of sp³-hybridized carbons (Fsp3) is 0.429. The van der Waals surface area contributed by atoms with Gasteiger partial charge < -0.3 is 20.6 Å². The van der Waals surface area contributed by atoms with Crippen molar-refractivity contribution in [3.8, 4) is 0 Å². The molecule has 21 heavy (non-hydrogen) atoms. The molecule has 6 nitrogen and oxygen atoms in total. The zero-order valence-electron chi connectivity index (χ0n) is 11.7. The predicted octanol–water partition coefficient (Wildman–Crippen LogP) is 2.11. The molecule has 0 radical (unpaired) electrons. The highest BCUT2D eigenvalue weighted by molar-refractivity contribution is 6.34. The van der Waals surface area contributed by atoms with Gasteiger partial charge in [-0.15, -0.1) is 0 Å². The van der Waals surface area contributed by atoms with Gasteiger partial charge in [0.2, 0.25) is 0 Å². The van der Waals surface area contributed by atoms with Crippen LogP contribution in [-0.4, -0.2) is 48.7 Å². The summed E-state index contributed by atoms with van der Waals surface area (Å²) in [4.78, 5) is 24.8. The lowest BCUT2D eigenvalue weighted by Crippen LogP contribution is -2.33. The van der Waals surface area contributed by atoms with Crippen LogP contribution in [0.25, 0.3) is 0 Å². The number of rotatable bonds is 4. The first kappa shape index (κ1) is 15.6. The molecule has 7 heteroatoms. The number of aromatic carboxylic acids is 1. The molecule has 0 saturated carbocycles. The Kier molecular flexibility index (Phi) is 5.03. The molecule has 1 aliphatic rings. The fourth-order valence-corrected chi connectivity index (χ4v) is 2.57. The predicted molar refractivity (Wildman–Crippen MR) is 81.0 cm³/mol. The summed E-state index contributed by atoms with van der Waals surface area (Å²) in [7, 11) is 2.06. The average molecular weight is 312 g/mol. The Morgan fingerprint density at radius 2 is 2.24 bits per heavy atom. The van der Waals surface area contributed by atoms with E-state index in [0.717, 1.165) is 19.5 Å². The molecule has 1 atom stereocenters. The Hall–Kier alpha value is -1.79. The summed E-state index contributed by atoms with van der Waals surface area (Å²) < 4.78 is 0. The van der Waals surface area contributed by atoms with Crippen LogP contribution in [0.4, 0.5) is 10.5 Å². The van der Waals surface area contributed by atoms with E-state index in [1.165, 1.54) is 18.2 Å².